The van der Waals surface area contributed by atoms with Gasteiger partial charge in [-0.05, 0) is 25.2 Å². The number of carbonyl (C=O) groups excluding carboxylic acids is 1. The Hall–Kier alpha value is -1.30. The number of urea groups is 1. The standard InChI is InChI=1S/C13H20N2O4/c1-7-5-15(6-9(7)12(16)17)13(18)14-10-4-8-2-3-11(10)19-8/h7-11H,2-6H2,1H3,(H,14,18)(H,16,17). The summed E-state index contributed by atoms with van der Waals surface area (Å²) in [5.74, 6) is -1.24. The fourth-order valence-electron chi connectivity index (χ4n) is 3.49. The third-order valence-electron chi connectivity index (χ3n) is 4.63. The molecule has 0 aliphatic carbocycles. The van der Waals surface area contributed by atoms with Crippen molar-refractivity contribution < 1.29 is 19.4 Å². The summed E-state index contributed by atoms with van der Waals surface area (Å²) in [6, 6.07) is -0.0396. The number of carboxylic acids is 1. The maximum Gasteiger partial charge on any atom is 0.317 e. The van der Waals surface area contributed by atoms with E-state index in [0.717, 1.165) is 19.3 Å². The Morgan fingerprint density at radius 1 is 1.32 bits per heavy atom. The monoisotopic (exact) mass is 268 g/mol. The van der Waals surface area contributed by atoms with E-state index >= 15 is 0 Å². The zero-order chi connectivity index (χ0) is 13.6. The first-order chi connectivity index (χ1) is 9.04. The predicted octanol–water partition coefficient (Wildman–Crippen LogP) is 0.668. The van der Waals surface area contributed by atoms with E-state index in [1.807, 2.05) is 6.92 Å². The first kappa shape index (κ1) is 12.7. The molecule has 0 aromatic rings. The van der Waals surface area contributed by atoms with E-state index in [-0.39, 0.29) is 24.1 Å². The third-order valence-corrected chi connectivity index (χ3v) is 4.63. The van der Waals surface area contributed by atoms with Crippen LogP contribution in [0.3, 0.4) is 0 Å². The van der Waals surface area contributed by atoms with E-state index in [1.165, 1.54) is 0 Å². The van der Waals surface area contributed by atoms with Crippen LogP contribution in [-0.4, -0.2) is 53.3 Å². The molecule has 3 aliphatic rings. The number of hydrogen-bond donors (Lipinski definition) is 2. The Kier molecular flexibility index (Phi) is 3.12. The van der Waals surface area contributed by atoms with Crippen LogP contribution in [0.4, 0.5) is 4.79 Å². The van der Waals surface area contributed by atoms with Gasteiger partial charge in [-0.2, -0.15) is 0 Å². The third kappa shape index (κ3) is 2.29. The highest BCUT2D eigenvalue weighted by molar-refractivity contribution is 5.78. The number of carboxylic acid groups (broad SMARTS) is 1. The second kappa shape index (κ2) is 4.67. The van der Waals surface area contributed by atoms with Crippen molar-refractivity contribution in [3.05, 3.63) is 0 Å². The molecular formula is C13H20N2O4. The van der Waals surface area contributed by atoms with Gasteiger partial charge in [0.25, 0.3) is 0 Å². The van der Waals surface area contributed by atoms with Crippen molar-refractivity contribution in [2.45, 2.75) is 44.4 Å². The molecule has 0 radical (unpaired) electrons. The van der Waals surface area contributed by atoms with Crippen LogP contribution < -0.4 is 5.32 Å². The number of amides is 2. The quantitative estimate of drug-likeness (QED) is 0.771. The summed E-state index contributed by atoms with van der Waals surface area (Å²) in [6.45, 7) is 2.71. The average molecular weight is 268 g/mol. The molecule has 5 atom stereocenters. The van der Waals surface area contributed by atoms with Crippen LogP contribution in [0.5, 0.6) is 0 Å². The number of fused-ring (bicyclic) bond motifs is 2. The largest absolute Gasteiger partial charge is 0.481 e. The smallest absolute Gasteiger partial charge is 0.317 e. The van der Waals surface area contributed by atoms with Gasteiger partial charge < -0.3 is 20.1 Å². The Balaban J connectivity index is 1.55. The van der Waals surface area contributed by atoms with E-state index in [9.17, 15) is 9.59 Å². The number of rotatable bonds is 2. The van der Waals surface area contributed by atoms with Crippen LogP contribution in [0.25, 0.3) is 0 Å². The molecule has 0 saturated carbocycles. The minimum Gasteiger partial charge on any atom is -0.481 e. The molecule has 0 spiro atoms. The number of likely N-dealkylation sites (tertiary alicyclic amines) is 1. The lowest BCUT2D eigenvalue weighted by atomic mass is 9.96. The second-order valence-electron chi connectivity index (χ2n) is 5.99. The Labute approximate surface area is 112 Å². The summed E-state index contributed by atoms with van der Waals surface area (Å²) < 4.78 is 5.70. The van der Waals surface area contributed by atoms with Gasteiger partial charge in [0.05, 0.1) is 24.2 Å². The molecule has 106 valence electrons. The zero-order valence-corrected chi connectivity index (χ0v) is 11.0. The summed E-state index contributed by atoms with van der Waals surface area (Å²) in [6.07, 6.45) is 3.47. The highest BCUT2D eigenvalue weighted by Crippen LogP contribution is 2.34. The molecule has 3 saturated heterocycles. The minimum atomic E-state index is -0.814. The summed E-state index contributed by atoms with van der Waals surface area (Å²) in [4.78, 5) is 24.8. The first-order valence-electron chi connectivity index (χ1n) is 6.98. The number of carbonyl (C=O) groups is 2. The van der Waals surface area contributed by atoms with Gasteiger partial charge in [-0.3, -0.25) is 4.79 Å². The lowest BCUT2D eigenvalue weighted by Crippen LogP contribution is -2.47. The molecule has 5 unspecified atom stereocenters. The van der Waals surface area contributed by atoms with Gasteiger partial charge in [-0.25, -0.2) is 4.79 Å². The van der Waals surface area contributed by atoms with E-state index in [1.54, 1.807) is 4.90 Å². The van der Waals surface area contributed by atoms with E-state index in [4.69, 9.17) is 9.84 Å². The number of ether oxygens (including phenoxy) is 1. The van der Waals surface area contributed by atoms with Gasteiger partial charge in [0, 0.05) is 13.1 Å². The lowest BCUT2D eigenvalue weighted by molar-refractivity contribution is -0.142. The molecule has 6 heteroatoms. The predicted molar refractivity (Wildman–Crippen MR) is 66.7 cm³/mol. The second-order valence-corrected chi connectivity index (χ2v) is 5.99. The summed E-state index contributed by atoms with van der Waals surface area (Å²) in [5.41, 5.74) is 0. The van der Waals surface area contributed by atoms with Gasteiger partial charge in [0.1, 0.15) is 0 Å². The molecule has 2 bridgehead atoms. The molecule has 6 nitrogen and oxygen atoms in total. The lowest BCUT2D eigenvalue weighted by Gasteiger charge is -2.24. The fourth-order valence-corrected chi connectivity index (χ4v) is 3.49. The van der Waals surface area contributed by atoms with Crippen LogP contribution >= 0.6 is 0 Å². The molecule has 0 aromatic carbocycles. The molecule has 3 aliphatic heterocycles. The normalized spacial score (nSPS) is 40.7. The summed E-state index contributed by atoms with van der Waals surface area (Å²) in [5, 5.41) is 12.1. The molecule has 2 amide bonds. The molecule has 2 N–H and O–H groups in total. The van der Waals surface area contributed by atoms with Gasteiger partial charge in [-0.1, -0.05) is 6.92 Å². The van der Waals surface area contributed by atoms with Crippen molar-refractivity contribution in [2.75, 3.05) is 13.1 Å². The first-order valence-corrected chi connectivity index (χ1v) is 6.98. The van der Waals surface area contributed by atoms with Crippen molar-refractivity contribution in [2.24, 2.45) is 11.8 Å². The Morgan fingerprint density at radius 2 is 2.11 bits per heavy atom. The molecular weight excluding hydrogens is 248 g/mol. The SMILES string of the molecule is CC1CN(C(=O)NC2CC3CCC2O3)CC1C(=O)O. The summed E-state index contributed by atoms with van der Waals surface area (Å²) >= 11 is 0. The van der Waals surface area contributed by atoms with E-state index in [2.05, 4.69) is 5.32 Å². The number of nitrogens with zero attached hydrogens (tertiary/aromatic N) is 1. The maximum absolute atomic E-state index is 12.2. The van der Waals surface area contributed by atoms with Crippen molar-refractivity contribution in [1.82, 2.24) is 10.2 Å². The number of aliphatic carboxylic acids is 1. The minimum absolute atomic E-state index is 0.0135. The van der Waals surface area contributed by atoms with Gasteiger partial charge >= 0.3 is 12.0 Å². The van der Waals surface area contributed by atoms with Crippen LogP contribution in [0, 0.1) is 11.8 Å². The van der Waals surface area contributed by atoms with E-state index in [0.29, 0.717) is 19.2 Å². The van der Waals surface area contributed by atoms with Crippen molar-refractivity contribution >= 4 is 12.0 Å². The Bertz CT molecular complexity index is 400. The van der Waals surface area contributed by atoms with Crippen LogP contribution in [0.1, 0.15) is 26.2 Å². The molecule has 3 rings (SSSR count). The van der Waals surface area contributed by atoms with Gasteiger partial charge in [0.15, 0.2) is 0 Å². The zero-order valence-electron chi connectivity index (χ0n) is 11.0. The molecule has 3 heterocycles. The fraction of sp³-hybridized carbons (Fsp3) is 0.846. The average Bonchev–Trinajstić information content (AvgIpc) is 3.02. The number of nitrogens with one attached hydrogen (secondary N) is 1. The van der Waals surface area contributed by atoms with Crippen LogP contribution in [0.15, 0.2) is 0 Å². The van der Waals surface area contributed by atoms with E-state index < -0.39 is 11.9 Å². The van der Waals surface area contributed by atoms with Crippen LogP contribution in [-0.2, 0) is 9.53 Å². The maximum atomic E-state index is 12.2. The van der Waals surface area contributed by atoms with Crippen LogP contribution in [0.2, 0.25) is 0 Å². The summed E-state index contributed by atoms with van der Waals surface area (Å²) in [7, 11) is 0. The highest BCUT2D eigenvalue weighted by atomic mass is 16.5. The molecule has 3 fully saturated rings. The number of hydrogen-bond acceptors (Lipinski definition) is 3. The van der Waals surface area contributed by atoms with Crippen molar-refractivity contribution in [3.8, 4) is 0 Å². The molecule has 0 aromatic heterocycles. The Morgan fingerprint density at radius 3 is 2.63 bits per heavy atom. The van der Waals surface area contributed by atoms with Gasteiger partial charge in [-0.15, -0.1) is 0 Å². The van der Waals surface area contributed by atoms with Gasteiger partial charge in [0.2, 0.25) is 0 Å². The highest BCUT2D eigenvalue weighted by Gasteiger charge is 2.43. The van der Waals surface area contributed by atoms with Crippen molar-refractivity contribution in [1.29, 1.82) is 0 Å². The topological polar surface area (TPSA) is 78.9 Å². The van der Waals surface area contributed by atoms with Crippen molar-refractivity contribution in [3.63, 3.8) is 0 Å². The molecule has 19 heavy (non-hydrogen) atoms.